The van der Waals surface area contributed by atoms with Gasteiger partial charge in [-0.3, -0.25) is 0 Å². The van der Waals surface area contributed by atoms with Gasteiger partial charge in [0.2, 0.25) is 5.82 Å². The van der Waals surface area contributed by atoms with Gasteiger partial charge >= 0.3 is 0 Å². The van der Waals surface area contributed by atoms with E-state index in [0.717, 1.165) is 24.0 Å². The molecule has 2 aliphatic rings. The number of rotatable bonds is 3. The lowest BCUT2D eigenvalue weighted by Crippen LogP contribution is -2.11. The Balaban J connectivity index is 1.63. The summed E-state index contributed by atoms with van der Waals surface area (Å²) in [5, 5.41) is 14.5. The molecule has 0 atom stereocenters. The zero-order valence-corrected chi connectivity index (χ0v) is 13.1. The molecular weight excluding hydrogens is 332 g/mol. The van der Waals surface area contributed by atoms with Gasteiger partial charge in [0.05, 0.1) is 11.1 Å². The first-order valence-corrected chi connectivity index (χ1v) is 7.89. The third kappa shape index (κ3) is 2.10. The zero-order valence-electron chi connectivity index (χ0n) is 12.4. The van der Waals surface area contributed by atoms with Crippen molar-refractivity contribution in [3.05, 3.63) is 29.0 Å². The summed E-state index contributed by atoms with van der Waals surface area (Å²) >= 11 is 6.52. The highest BCUT2D eigenvalue weighted by molar-refractivity contribution is 6.33. The number of halogens is 1. The summed E-state index contributed by atoms with van der Waals surface area (Å²) in [5.41, 5.74) is 2.91. The lowest BCUT2D eigenvalue weighted by molar-refractivity contribution is 0.291. The van der Waals surface area contributed by atoms with Crippen molar-refractivity contribution in [2.24, 2.45) is 0 Å². The Morgan fingerprint density at radius 3 is 2.88 bits per heavy atom. The Morgan fingerprint density at radius 1 is 1.21 bits per heavy atom. The van der Waals surface area contributed by atoms with Crippen molar-refractivity contribution in [1.82, 2.24) is 30.6 Å². The number of benzene rings is 1. The van der Waals surface area contributed by atoms with Gasteiger partial charge in [0.1, 0.15) is 24.4 Å². The Labute approximate surface area is 141 Å². The molecule has 1 saturated carbocycles. The molecule has 0 unspecified atom stereocenters. The maximum absolute atomic E-state index is 6.52. The first-order valence-electron chi connectivity index (χ1n) is 7.51. The molecule has 3 heterocycles. The minimum atomic E-state index is 0.282. The minimum absolute atomic E-state index is 0.282. The Morgan fingerprint density at radius 2 is 2.08 bits per heavy atom. The normalized spacial score (nSPS) is 15.4. The highest BCUT2D eigenvalue weighted by atomic mass is 35.5. The quantitative estimate of drug-likeness (QED) is 0.780. The van der Waals surface area contributed by atoms with Crippen molar-refractivity contribution in [2.75, 3.05) is 0 Å². The molecule has 8 nitrogen and oxygen atoms in total. The second kappa shape index (κ2) is 5.13. The van der Waals surface area contributed by atoms with E-state index in [1.807, 2.05) is 12.1 Å². The molecule has 120 valence electrons. The second-order valence-corrected chi connectivity index (χ2v) is 6.02. The topological polar surface area (TPSA) is 98.7 Å². The SMILES string of the molecule is Clc1c(OC2CC2)ccc2c1COc1c(-c3nn[nH]n3)ncnc1-2. The van der Waals surface area contributed by atoms with Crippen LogP contribution in [0.4, 0.5) is 0 Å². The van der Waals surface area contributed by atoms with Crippen LogP contribution < -0.4 is 9.47 Å². The van der Waals surface area contributed by atoms with E-state index in [-0.39, 0.29) is 6.10 Å². The summed E-state index contributed by atoms with van der Waals surface area (Å²) in [7, 11) is 0. The lowest BCUT2D eigenvalue weighted by Gasteiger charge is -2.22. The van der Waals surface area contributed by atoms with Crippen molar-refractivity contribution in [2.45, 2.75) is 25.6 Å². The summed E-state index contributed by atoms with van der Waals surface area (Å²) in [5.74, 6) is 1.58. The molecule has 0 bridgehead atoms. The number of fused-ring (bicyclic) bond motifs is 3. The molecular formula is C15H11ClN6O2. The summed E-state index contributed by atoms with van der Waals surface area (Å²) in [6.45, 7) is 0.307. The predicted molar refractivity (Wildman–Crippen MR) is 83.6 cm³/mol. The first kappa shape index (κ1) is 13.7. The monoisotopic (exact) mass is 342 g/mol. The van der Waals surface area contributed by atoms with Crippen LogP contribution in [0.1, 0.15) is 18.4 Å². The molecule has 9 heteroatoms. The fourth-order valence-corrected chi connectivity index (χ4v) is 2.95. The highest BCUT2D eigenvalue weighted by Gasteiger charge is 2.29. The van der Waals surface area contributed by atoms with Crippen LogP contribution in [-0.2, 0) is 6.61 Å². The molecule has 2 aromatic heterocycles. The van der Waals surface area contributed by atoms with Gasteiger partial charge in [-0.05, 0) is 30.2 Å². The summed E-state index contributed by atoms with van der Waals surface area (Å²) < 4.78 is 11.7. The van der Waals surface area contributed by atoms with Gasteiger partial charge in [-0.1, -0.05) is 11.6 Å². The van der Waals surface area contributed by atoms with E-state index in [0.29, 0.717) is 40.3 Å². The van der Waals surface area contributed by atoms with Crippen molar-refractivity contribution in [3.8, 4) is 34.3 Å². The number of H-pyrrole nitrogens is 1. The molecule has 0 saturated heterocycles. The fraction of sp³-hybridized carbons (Fsp3) is 0.267. The molecule has 1 aliphatic carbocycles. The van der Waals surface area contributed by atoms with Crippen molar-refractivity contribution >= 4 is 11.6 Å². The fourth-order valence-electron chi connectivity index (χ4n) is 2.69. The Hall–Kier alpha value is -2.74. The number of ether oxygens (including phenoxy) is 2. The molecule has 1 N–H and O–H groups in total. The maximum atomic E-state index is 6.52. The van der Waals surface area contributed by atoms with E-state index in [9.17, 15) is 0 Å². The largest absolute Gasteiger partial charge is 0.489 e. The van der Waals surface area contributed by atoms with Crippen LogP contribution in [0.5, 0.6) is 11.5 Å². The van der Waals surface area contributed by atoms with Crippen LogP contribution in [-0.4, -0.2) is 36.7 Å². The van der Waals surface area contributed by atoms with Gasteiger partial charge in [-0.25, -0.2) is 9.97 Å². The van der Waals surface area contributed by atoms with Crippen LogP contribution in [0.15, 0.2) is 18.5 Å². The third-order valence-electron chi connectivity index (χ3n) is 4.00. The van der Waals surface area contributed by atoms with Crippen LogP contribution in [0.3, 0.4) is 0 Å². The van der Waals surface area contributed by atoms with Crippen LogP contribution in [0, 0.1) is 0 Å². The number of hydrogen-bond acceptors (Lipinski definition) is 7. The molecule has 1 fully saturated rings. The second-order valence-electron chi connectivity index (χ2n) is 5.65. The molecule has 24 heavy (non-hydrogen) atoms. The van der Waals surface area contributed by atoms with Crippen molar-refractivity contribution < 1.29 is 9.47 Å². The molecule has 1 aliphatic heterocycles. The van der Waals surface area contributed by atoms with Gasteiger partial charge in [0.15, 0.2) is 11.4 Å². The molecule has 5 rings (SSSR count). The number of nitrogens with one attached hydrogen (secondary N) is 1. The zero-order chi connectivity index (χ0) is 16.1. The Kier molecular flexibility index (Phi) is 2.93. The maximum Gasteiger partial charge on any atom is 0.226 e. The van der Waals surface area contributed by atoms with Crippen LogP contribution in [0.25, 0.3) is 22.8 Å². The summed E-state index contributed by atoms with van der Waals surface area (Å²) in [4.78, 5) is 8.57. The number of aromatic nitrogens is 6. The predicted octanol–water partition coefficient (Wildman–Crippen LogP) is 2.41. The van der Waals surface area contributed by atoms with E-state index >= 15 is 0 Å². The lowest BCUT2D eigenvalue weighted by atomic mass is 10.0. The third-order valence-corrected chi connectivity index (χ3v) is 4.42. The summed E-state index contributed by atoms with van der Waals surface area (Å²) in [6.07, 6.45) is 3.89. The summed E-state index contributed by atoms with van der Waals surface area (Å²) in [6, 6.07) is 3.83. The van der Waals surface area contributed by atoms with E-state index in [1.54, 1.807) is 0 Å². The number of hydrogen-bond donors (Lipinski definition) is 1. The average molecular weight is 343 g/mol. The molecule has 0 amide bonds. The van der Waals surface area contributed by atoms with E-state index in [1.165, 1.54) is 6.33 Å². The first-order chi connectivity index (χ1) is 11.8. The van der Waals surface area contributed by atoms with E-state index < -0.39 is 0 Å². The molecule has 0 radical (unpaired) electrons. The molecule has 3 aromatic rings. The standard InChI is InChI=1S/C15H11ClN6O2/c16-11-9-5-23-14-12(8(9)3-4-10(11)24-7-1-2-7)17-6-18-13(14)15-19-21-22-20-15/h3-4,6-7H,1-2,5H2,(H,19,20,21,22). The van der Waals surface area contributed by atoms with Crippen molar-refractivity contribution in [3.63, 3.8) is 0 Å². The average Bonchev–Trinajstić information content (AvgIpc) is 3.26. The molecule has 0 spiro atoms. The van der Waals surface area contributed by atoms with Gasteiger partial charge < -0.3 is 9.47 Å². The minimum Gasteiger partial charge on any atom is -0.489 e. The Bertz CT molecular complexity index is 926. The van der Waals surface area contributed by atoms with Crippen LogP contribution in [0.2, 0.25) is 5.02 Å². The van der Waals surface area contributed by atoms with Crippen molar-refractivity contribution in [1.29, 1.82) is 0 Å². The van der Waals surface area contributed by atoms with E-state index in [2.05, 4.69) is 30.6 Å². The number of nitrogens with zero attached hydrogens (tertiary/aromatic N) is 5. The van der Waals surface area contributed by atoms with Gasteiger partial charge in [-0.15, -0.1) is 10.2 Å². The van der Waals surface area contributed by atoms with Gasteiger partial charge in [0, 0.05) is 11.1 Å². The number of tetrazole rings is 1. The van der Waals surface area contributed by atoms with Crippen LogP contribution >= 0.6 is 11.6 Å². The highest BCUT2D eigenvalue weighted by Crippen LogP contribution is 2.45. The molecule has 1 aromatic carbocycles. The number of aromatic amines is 1. The van der Waals surface area contributed by atoms with E-state index in [4.69, 9.17) is 21.1 Å². The van der Waals surface area contributed by atoms with Gasteiger partial charge in [-0.2, -0.15) is 5.21 Å². The van der Waals surface area contributed by atoms with Gasteiger partial charge in [0.25, 0.3) is 0 Å². The smallest absolute Gasteiger partial charge is 0.226 e.